The molecule has 0 bridgehead atoms. The van der Waals surface area contributed by atoms with E-state index in [0.717, 1.165) is 16.6 Å². The number of hydrogen-bond acceptors (Lipinski definition) is 4. The standard InChI is InChI=1S/C14H13NO6/c1-2-7-3-5-8(6-4-7)15-9(13(18)19)11(16)12(17)10(15)14(20)21/h3-6,16-17H,2H2,1H3,(H,18,19)(H,20,21). The quantitative estimate of drug-likeness (QED) is 0.682. The number of aromatic carboxylic acids is 2. The largest absolute Gasteiger partial charge is 0.503 e. The first-order valence-corrected chi connectivity index (χ1v) is 6.11. The molecule has 7 nitrogen and oxygen atoms in total. The van der Waals surface area contributed by atoms with Crippen LogP contribution in [0.5, 0.6) is 11.5 Å². The van der Waals surface area contributed by atoms with Crippen molar-refractivity contribution in [2.45, 2.75) is 13.3 Å². The molecule has 1 aromatic carbocycles. The van der Waals surface area contributed by atoms with Gasteiger partial charge in [0.05, 0.1) is 0 Å². The maximum Gasteiger partial charge on any atom is 0.356 e. The van der Waals surface area contributed by atoms with Gasteiger partial charge in [-0.05, 0) is 24.1 Å². The van der Waals surface area contributed by atoms with Crippen molar-refractivity contribution in [3.05, 3.63) is 41.2 Å². The highest BCUT2D eigenvalue weighted by Crippen LogP contribution is 2.38. The Morgan fingerprint density at radius 1 is 0.952 bits per heavy atom. The molecule has 7 heteroatoms. The molecule has 0 unspecified atom stereocenters. The van der Waals surface area contributed by atoms with Gasteiger partial charge in [0.15, 0.2) is 22.9 Å². The van der Waals surface area contributed by atoms with E-state index in [-0.39, 0.29) is 5.69 Å². The molecular weight excluding hydrogens is 278 g/mol. The first-order valence-electron chi connectivity index (χ1n) is 6.11. The average molecular weight is 291 g/mol. The average Bonchev–Trinajstić information content (AvgIpc) is 2.71. The molecule has 0 atom stereocenters. The van der Waals surface area contributed by atoms with Gasteiger partial charge < -0.3 is 20.4 Å². The highest BCUT2D eigenvalue weighted by atomic mass is 16.4. The molecule has 0 amide bonds. The Morgan fingerprint density at radius 3 is 1.71 bits per heavy atom. The SMILES string of the molecule is CCc1ccc(-n2c(C(=O)O)c(O)c(O)c2C(=O)O)cc1. The Hall–Kier alpha value is -2.96. The Kier molecular flexibility index (Phi) is 3.58. The van der Waals surface area contributed by atoms with Crippen molar-refractivity contribution in [1.29, 1.82) is 0 Å². The minimum atomic E-state index is -1.55. The molecule has 0 spiro atoms. The summed E-state index contributed by atoms with van der Waals surface area (Å²) >= 11 is 0. The van der Waals surface area contributed by atoms with Gasteiger partial charge in [-0.1, -0.05) is 19.1 Å². The van der Waals surface area contributed by atoms with Gasteiger partial charge in [0.1, 0.15) is 0 Å². The maximum absolute atomic E-state index is 11.2. The molecule has 0 aliphatic rings. The van der Waals surface area contributed by atoms with Gasteiger partial charge in [0.25, 0.3) is 0 Å². The van der Waals surface area contributed by atoms with Crippen LogP contribution in [0.25, 0.3) is 5.69 Å². The van der Waals surface area contributed by atoms with Crippen LogP contribution in [0.4, 0.5) is 0 Å². The van der Waals surface area contributed by atoms with E-state index in [0.29, 0.717) is 0 Å². The van der Waals surface area contributed by atoms with E-state index < -0.39 is 34.8 Å². The third-order valence-electron chi connectivity index (χ3n) is 3.13. The van der Waals surface area contributed by atoms with E-state index in [1.54, 1.807) is 12.1 Å². The fourth-order valence-electron chi connectivity index (χ4n) is 2.08. The van der Waals surface area contributed by atoms with Crippen molar-refractivity contribution in [2.75, 3.05) is 0 Å². The van der Waals surface area contributed by atoms with Gasteiger partial charge in [-0.2, -0.15) is 0 Å². The summed E-state index contributed by atoms with van der Waals surface area (Å²) in [6.07, 6.45) is 0.764. The fraction of sp³-hybridized carbons (Fsp3) is 0.143. The van der Waals surface area contributed by atoms with E-state index in [2.05, 4.69) is 0 Å². The predicted molar refractivity (Wildman–Crippen MR) is 72.4 cm³/mol. The van der Waals surface area contributed by atoms with Crippen LogP contribution in [-0.2, 0) is 6.42 Å². The van der Waals surface area contributed by atoms with Crippen molar-refractivity contribution in [1.82, 2.24) is 4.57 Å². The summed E-state index contributed by atoms with van der Waals surface area (Å²) in [5.41, 5.74) is -0.200. The minimum absolute atomic E-state index is 0.220. The maximum atomic E-state index is 11.2. The van der Waals surface area contributed by atoms with Crippen LogP contribution in [0, 0.1) is 0 Å². The lowest BCUT2D eigenvalue weighted by Gasteiger charge is -2.09. The molecule has 1 heterocycles. The Balaban J connectivity index is 2.78. The molecule has 0 saturated heterocycles. The zero-order valence-corrected chi connectivity index (χ0v) is 11.1. The van der Waals surface area contributed by atoms with Gasteiger partial charge in [0.2, 0.25) is 0 Å². The van der Waals surface area contributed by atoms with Crippen molar-refractivity contribution in [3.63, 3.8) is 0 Å². The lowest BCUT2D eigenvalue weighted by Crippen LogP contribution is -2.12. The number of rotatable bonds is 4. The molecule has 110 valence electrons. The first kappa shape index (κ1) is 14.4. The van der Waals surface area contributed by atoms with E-state index in [1.807, 2.05) is 6.92 Å². The van der Waals surface area contributed by atoms with Gasteiger partial charge in [-0.3, -0.25) is 4.57 Å². The molecule has 0 aliphatic carbocycles. The van der Waals surface area contributed by atoms with Crippen LogP contribution in [0.2, 0.25) is 0 Å². The molecule has 21 heavy (non-hydrogen) atoms. The number of hydrogen-bond donors (Lipinski definition) is 4. The Morgan fingerprint density at radius 2 is 1.38 bits per heavy atom. The molecule has 0 saturated carbocycles. The zero-order chi connectivity index (χ0) is 15.7. The van der Waals surface area contributed by atoms with Crippen LogP contribution in [0.3, 0.4) is 0 Å². The second kappa shape index (κ2) is 5.20. The van der Waals surface area contributed by atoms with E-state index >= 15 is 0 Å². The lowest BCUT2D eigenvalue weighted by atomic mass is 10.1. The molecular formula is C14H13NO6. The number of benzene rings is 1. The number of carbonyl (C=O) groups is 2. The lowest BCUT2D eigenvalue weighted by molar-refractivity contribution is 0.0681. The monoisotopic (exact) mass is 291 g/mol. The molecule has 2 rings (SSSR count). The third kappa shape index (κ3) is 2.29. The summed E-state index contributed by atoms with van der Waals surface area (Å²) in [7, 11) is 0. The minimum Gasteiger partial charge on any atom is -0.503 e. The molecule has 1 aromatic heterocycles. The van der Waals surface area contributed by atoms with Gasteiger partial charge in [-0.15, -0.1) is 0 Å². The summed E-state index contributed by atoms with van der Waals surface area (Å²) in [5, 5.41) is 37.6. The van der Waals surface area contributed by atoms with E-state index in [1.165, 1.54) is 12.1 Å². The number of nitrogens with zero attached hydrogens (tertiary/aromatic N) is 1. The highest BCUT2D eigenvalue weighted by molar-refractivity contribution is 5.99. The molecule has 0 radical (unpaired) electrons. The number of aromatic hydroxyl groups is 2. The summed E-state index contributed by atoms with van der Waals surface area (Å²) in [5.74, 6) is -5.04. The molecule has 2 aromatic rings. The topological polar surface area (TPSA) is 120 Å². The normalized spacial score (nSPS) is 10.5. The summed E-state index contributed by atoms with van der Waals surface area (Å²) in [4.78, 5) is 22.5. The number of carboxylic acids is 2. The van der Waals surface area contributed by atoms with Crippen LogP contribution in [0.1, 0.15) is 33.5 Å². The fourth-order valence-corrected chi connectivity index (χ4v) is 2.08. The molecule has 4 N–H and O–H groups in total. The van der Waals surface area contributed by atoms with Crippen LogP contribution < -0.4 is 0 Å². The van der Waals surface area contributed by atoms with E-state index in [4.69, 9.17) is 10.2 Å². The second-order valence-electron chi connectivity index (χ2n) is 4.36. The zero-order valence-electron chi connectivity index (χ0n) is 11.1. The summed E-state index contributed by atoms with van der Waals surface area (Å²) < 4.78 is 0.800. The Labute approximate surface area is 119 Å². The summed E-state index contributed by atoms with van der Waals surface area (Å²) in [6.45, 7) is 1.94. The van der Waals surface area contributed by atoms with Crippen molar-refractivity contribution >= 4 is 11.9 Å². The van der Waals surface area contributed by atoms with Crippen molar-refractivity contribution in [3.8, 4) is 17.2 Å². The second-order valence-corrected chi connectivity index (χ2v) is 4.36. The van der Waals surface area contributed by atoms with Crippen LogP contribution >= 0.6 is 0 Å². The Bertz CT molecular complexity index is 677. The van der Waals surface area contributed by atoms with Crippen LogP contribution in [0.15, 0.2) is 24.3 Å². The summed E-state index contributed by atoms with van der Waals surface area (Å²) in [6, 6.07) is 6.47. The number of carboxylic acid groups (broad SMARTS) is 2. The van der Waals surface area contributed by atoms with Crippen molar-refractivity contribution in [2.24, 2.45) is 0 Å². The number of aryl methyl sites for hydroxylation is 1. The van der Waals surface area contributed by atoms with Gasteiger partial charge >= 0.3 is 11.9 Å². The highest BCUT2D eigenvalue weighted by Gasteiger charge is 2.31. The molecule has 0 fully saturated rings. The van der Waals surface area contributed by atoms with Crippen molar-refractivity contribution < 1.29 is 30.0 Å². The third-order valence-corrected chi connectivity index (χ3v) is 3.13. The number of aromatic nitrogens is 1. The van der Waals surface area contributed by atoms with Crippen LogP contribution in [-0.4, -0.2) is 36.9 Å². The molecule has 0 aliphatic heterocycles. The van der Waals surface area contributed by atoms with Gasteiger partial charge in [0, 0.05) is 5.69 Å². The van der Waals surface area contributed by atoms with E-state index in [9.17, 15) is 19.8 Å². The predicted octanol–water partition coefficient (Wildman–Crippen LogP) is 1.85. The smallest absolute Gasteiger partial charge is 0.356 e. The van der Waals surface area contributed by atoms with Gasteiger partial charge in [-0.25, -0.2) is 9.59 Å². The first-order chi connectivity index (χ1) is 9.88.